The van der Waals surface area contributed by atoms with Crippen molar-refractivity contribution in [1.82, 2.24) is 19.4 Å². The van der Waals surface area contributed by atoms with Crippen molar-refractivity contribution in [3.8, 4) is 0 Å². The van der Waals surface area contributed by atoms with Crippen molar-refractivity contribution < 1.29 is 13.2 Å². The second kappa shape index (κ2) is 7.33. The first-order valence-electron chi connectivity index (χ1n) is 9.77. The number of benzene rings is 1. The predicted octanol–water partition coefficient (Wildman–Crippen LogP) is 2.54. The summed E-state index contributed by atoms with van der Waals surface area (Å²) >= 11 is 0. The number of likely N-dealkylation sites (tertiary alicyclic amines) is 1. The Morgan fingerprint density at radius 1 is 1.21 bits per heavy atom. The van der Waals surface area contributed by atoms with E-state index in [2.05, 4.69) is 9.82 Å². The molecule has 0 bridgehead atoms. The zero-order valence-electron chi connectivity index (χ0n) is 16.3. The molecule has 7 nitrogen and oxygen atoms in total. The normalized spacial score (nSPS) is 20.4. The van der Waals surface area contributed by atoms with Crippen LogP contribution >= 0.6 is 0 Å². The molecule has 1 atom stereocenters. The number of nitrogens with one attached hydrogen (secondary N) is 1. The number of rotatable bonds is 5. The van der Waals surface area contributed by atoms with Gasteiger partial charge in [0, 0.05) is 37.0 Å². The lowest BCUT2D eigenvalue weighted by Gasteiger charge is -2.35. The van der Waals surface area contributed by atoms with Gasteiger partial charge in [0.05, 0.1) is 17.1 Å². The van der Waals surface area contributed by atoms with E-state index in [9.17, 15) is 13.2 Å². The van der Waals surface area contributed by atoms with Crippen molar-refractivity contribution in [2.75, 3.05) is 6.54 Å². The summed E-state index contributed by atoms with van der Waals surface area (Å²) in [4.78, 5) is 15.4. The monoisotopic (exact) mass is 402 g/mol. The summed E-state index contributed by atoms with van der Waals surface area (Å²) in [5.74, 6) is -0.116. The van der Waals surface area contributed by atoms with Crippen LogP contribution in [-0.2, 0) is 17.1 Å². The van der Waals surface area contributed by atoms with Gasteiger partial charge >= 0.3 is 0 Å². The van der Waals surface area contributed by atoms with E-state index < -0.39 is 10.0 Å². The summed E-state index contributed by atoms with van der Waals surface area (Å²) in [7, 11) is -1.73. The molecular formula is C20H26N4O3S. The molecule has 1 N–H and O–H groups in total. The molecule has 4 rings (SSSR count). The average molecular weight is 403 g/mol. The molecule has 2 aromatic rings. The Morgan fingerprint density at radius 2 is 2.00 bits per heavy atom. The molecule has 0 radical (unpaired) electrons. The lowest BCUT2D eigenvalue weighted by Crippen LogP contribution is -2.38. The Labute approximate surface area is 165 Å². The van der Waals surface area contributed by atoms with Crippen LogP contribution in [0.5, 0.6) is 0 Å². The van der Waals surface area contributed by atoms with E-state index in [0.717, 1.165) is 43.2 Å². The minimum absolute atomic E-state index is 0.0285. The van der Waals surface area contributed by atoms with E-state index in [1.54, 1.807) is 16.8 Å². The van der Waals surface area contributed by atoms with Crippen LogP contribution in [0.25, 0.3) is 0 Å². The van der Waals surface area contributed by atoms with Gasteiger partial charge in [0.2, 0.25) is 10.0 Å². The van der Waals surface area contributed by atoms with Crippen LogP contribution in [0.15, 0.2) is 35.5 Å². The summed E-state index contributed by atoms with van der Waals surface area (Å²) in [6.07, 6.45) is 8.39. The molecule has 1 aliphatic carbocycles. The molecule has 1 aromatic heterocycles. The van der Waals surface area contributed by atoms with Crippen LogP contribution < -0.4 is 4.72 Å². The van der Waals surface area contributed by atoms with E-state index in [-0.39, 0.29) is 22.9 Å². The summed E-state index contributed by atoms with van der Waals surface area (Å²) in [5.41, 5.74) is 2.26. The number of hydrogen-bond donors (Lipinski definition) is 1. The first kappa shape index (κ1) is 19.1. The van der Waals surface area contributed by atoms with Gasteiger partial charge in [-0.05, 0) is 56.7 Å². The van der Waals surface area contributed by atoms with Crippen molar-refractivity contribution in [2.45, 2.75) is 56.0 Å². The molecule has 1 aliphatic heterocycles. The zero-order chi connectivity index (χ0) is 19.9. The molecule has 1 saturated carbocycles. The second-order valence-electron chi connectivity index (χ2n) is 7.83. The van der Waals surface area contributed by atoms with Gasteiger partial charge in [-0.3, -0.25) is 9.48 Å². The van der Waals surface area contributed by atoms with E-state index in [1.807, 2.05) is 31.3 Å². The number of aromatic nitrogens is 2. The van der Waals surface area contributed by atoms with Crippen LogP contribution in [0.3, 0.4) is 0 Å². The summed E-state index contributed by atoms with van der Waals surface area (Å²) < 4.78 is 29.6. The number of carbonyl (C=O) groups is 1. The fourth-order valence-electron chi connectivity index (χ4n) is 3.78. The molecule has 28 heavy (non-hydrogen) atoms. The largest absolute Gasteiger partial charge is 0.331 e. The van der Waals surface area contributed by atoms with E-state index in [1.165, 1.54) is 6.07 Å². The van der Waals surface area contributed by atoms with Gasteiger partial charge in [-0.1, -0.05) is 6.07 Å². The topological polar surface area (TPSA) is 84.3 Å². The Bertz CT molecular complexity index is 995. The minimum atomic E-state index is -3.60. The lowest BCUT2D eigenvalue weighted by atomic mass is 9.96. The van der Waals surface area contributed by atoms with Crippen LogP contribution in [0, 0.1) is 6.92 Å². The number of amides is 1. The highest BCUT2D eigenvalue weighted by molar-refractivity contribution is 7.89. The highest BCUT2D eigenvalue weighted by Crippen LogP contribution is 2.33. The number of carbonyl (C=O) groups excluding carboxylic acids is 1. The van der Waals surface area contributed by atoms with Crippen molar-refractivity contribution in [2.24, 2.45) is 7.05 Å². The Kier molecular flexibility index (Phi) is 5.01. The second-order valence-corrected chi connectivity index (χ2v) is 9.54. The number of aryl methyl sites for hydroxylation is 2. The average Bonchev–Trinajstić information content (AvgIpc) is 3.37. The molecule has 1 unspecified atom stereocenters. The van der Waals surface area contributed by atoms with Crippen LogP contribution in [0.1, 0.15) is 59.6 Å². The third kappa shape index (κ3) is 3.84. The van der Waals surface area contributed by atoms with Crippen LogP contribution in [0.2, 0.25) is 0 Å². The molecule has 8 heteroatoms. The summed E-state index contributed by atoms with van der Waals surface area (Å²) in [6, 6.07) is 4.82. The first-order chi connectivity index (χ1) is 13.3. The highest BCUT2D eigenvalue weighted by Gasteiger charge is 2.32. The maximum atomic E-state index is 13.4. The highest BCUT2D eigenvalue weighted by atomic mass is 32.2. The van der Waals surface area contributed by atoms with Crippen molar-refractivity contribution in [3.63, 3.8) is 0 Å². The molecule has 0 spiro atoms. The molecule has 1 saturated heterocycles. The fourth-order valence-corrected chi connectivity index (χ4v) is 5.11. The third-order valence-corrected chi connectivity index (χ3v) is 7.04. The van der Waals surface area contributed by atoms with E-state index in [4.69, 9.17) is 0 Å². The molecule has 150 valence electrons. The molecule has 2 heterocycles. The van der Waals surface area contributed by atoms with Crippen molar-refractivity contribution in [3.05, 3.63) is 47.3 Å². The lowest BCUT2D eigenvalue weighted by molar-refractivity contribution is 0.0610. The third-order valence-electron chi connectivity index (χ3n) is 5.52. The number of nitrogens with zero attached hydrogens (tertiary/aromatic N) is 3. The zero-order valence-corrected chi connectivity index (χ0v) is 17.1. The van der Waals surface area contributed by atoms with Gasteiger partial charge < -0.3 is 4.90 Å². The number of hydrogen-bond acceptors (Lipinski definition) is 4. The van der Waals surface area contributed by atoms with Crippen LogP contribution in [0.4, 0.5) is 0 Å². The number of sulfonamides is 1. The maximum absolute atomic E-state index is 13.4. The smallest absolute Gasteiger partial charge is 0.254 e. The predicted molar refractivity (Wildman–Crippen MR) is 105 cm³/mol. The Hall–Kier alpha value is -2.19. The summed E-state index contributed by atoms with van der Waals surface area (Å²) in [5, 5.41) is 4.25. The van der Waals surface area contributed by atoms with E-state index >= 15 is 0 Å². The fraction of sp³-hybridized carbons (Fsp3) is 0.500. The van der Waals surface area contributed by atoms with Gasteiger partial charge in [-0.25, -0.2) is 13.1 Å². The van der Waals surface area contributed by atoms with Crippen molar-refractivity contribution >= 4 is 15.9 Å². The molecule has 2 fully saturated rings. The van der Waals surface area contributed by atoms with Gasteiger partial charge in [-0.2, -0.15) is 5.10 Å². The molecule has 1 aromatic carbocycles. The summed E-state index contributed by atoms with van der Waals surface area (Å²) in [6.45, 7) is 2.51. The molecular weight excluding hydrogens is 376 g/mol. The molecule has 2 aliphatic rings. The Morgan fingerprint density at radius 3 is 2.68 bits per heavy atom. The minimum Gasteiger partial charge on any atom is -0.331 e. The van der Waals surface area contributed by atoms with Gasteiger partial charge in [-0.15, -0.1) is 0 Å². The van der Waals surface area contributed by atoms with Gasteiger partial charge in [0.15, 0.2) is 0 Å². The maximum Gasteiger partial charge on any atom is 0.254 e. The SMILES string of the molecule is Cc1ccc(S(=O)(=O)NC2CC2)cc1C(=O)N1CCCCC1c1cnn(C)c1. The quantitative estimate of drug-likeness (QED) is 0.833. The van der Waals surface area contributed by atoms with Gasteiger partial charge in [0.1, 0.15) is 0 Å². The molecule has 1 amide bonds. The standard InChI is InChI=1S/C20H26N4O3S/c1-14-6-9-17(28(26,27)22-16-7-8-16)11-18(14)20(25)24-10-4-3-5-19(24)15-12-21-23(2)13-15/h6,9,11-13,16,19,22H,3-5,7-8,10H2,1-2H3. The van der Waals surface area contributed by atoms with Crippen LogP contribution in [-0.4, -0.2) is 41.6 Å². The Balaban J connectivity index is 1.65. The van der Waals surface area contributed by atoms with Crippen molar-refractivity contribution in [1.29, 1.82) is 0 Å². The van der Waals surface area contributed by atoms with E-state index in [0.29, 0.717) is 12.1 Å². The number of piperidine rings is 1. The first-order valence-corrected chi connectivity index (χ1v) is 11.3. The van der Waals surface area contributed by atoms with Gasteiger partial charge in [0.25, 0.3) is 5.91 Å².